The lowest BCUT2D eigenvalue weighted by Crippen LogP contribution is -2.37. The molecule has 27 heavy (non-hydrogen) atoms. The zero-order valence-corrected chi connectivity index (χ0v) is 15.2. The molecule has 1 aliphatic heterocycles. The first-order valence-electron chi connectivity index (χ1n) is 8.74. The molecule has 2 aromatic rings. The molecule has 0 amide bonds. The monoisotopic (exact) mass is 385 g/mol. The lowest BCUT2D eigenvalue weighted by atomic mass is 9.93. The molecule has 1 saturated carbocycles. The molecule has 1 heterocycles. The van der Waals surface area contributed by atoms with E-state index in [0.29, 0.717) is 17.7 Å². The number of nitrogens with one attached hydrogen (secondary N) is 1. The number of carbonyl (C=O) groups is 1. The summed E-state index contributed by atoms with van der Waals surface area (Å²) in [5.74, 6) is -0.468. The van der Waals surface area contributed by atoms with Crippen molar-refractivity contribution >= 4 is 22.1 Å². The maximum atomic E-state index is 12.7. The van der Waals surface area contributed by atoms with E-state index in [0.717, 1.165) is 18.1 Å². The van der Waals surface area contributed by atoms with Crippen LogP contribution in [-0.4, -0.2) is 31.6 Å². The summed E-state index contributed by atoms with van der Waals surface area (Å²) in [6, 6.07) is 13.6. The SMILES string of the molecule is O=C(O)C=Cc1cccc2c1OC1CCC(NS(=O)(=O)c3ccccc3)C21. The van der Waals surface area contributed by atoms with Crippen LogP contribution in [0.5, 0.6) is 5.75 Å². The number of sulfonamides is 1. The van der Waals surface area contributed by atoms with E-state index in [1.54, 1.807) is 36.4 Å². The molecule has 0 aromatic heterocycles. The Bertz CT molecular complexity index is 1000. The van der Waals surface area contributed by atoms with Crippen LogP contribution in [0.2, 0.25) is 0 Å². The van der Waals surface area contributed by atoms with Crippen LogP contribution < -0.4 is 9.46 Å². The van der Waals surface area contributed by atoms with Crippen molar-refractivity contribution in [2.45, 2.75) is 35.8 Å². The fraction of sp³-hybridized carbons (Fsp3) is 0.250. The van der Waals surface area contributed by atoms with Gasteiger partial charge in [-0.1, -0.05) is 36.4 Å². The van der Waals surface area contributed by atoms with E-state index in [-0.39, 0.29) is 23.0 Å². The van der Waals surface area contributed by atoms with Crippen molar-refractivity contribution in [1.82, 2.24) is 4.72 Å². The van der Waals surface area contributed by atoms with Gasteiger partial charge in [-0.2, -0.15) is 0 Å². The second kappa shape index (κ2) is 6.83. The fourth-order valence-corrected chi connectivity index (χ4v) is 5.24. The number of carboxylic acids is 1. The van der Waals surface area contributed by atoms with Gasteiger partial charge in [-0.05, 0) is 31.1 Å². The summed E-state index contributed by atoms with van der Waals surface area (Å²) in [6.45, 7) is 0. The molecule has 2 N–H and O–H groups in total. The van der Waals surface area contributed by atoms with Gasteiger partial charge in [0.1, 0.15) is 11.9 Å². The van der Waals surface area contributed by atoms with Gasteiger partial charge in [0, 0.05) is 29.2 Å². The summed E-state index contributed by atoms with van der Waals surface area (Å²) in [4.78, 5) is 11.0. The van der Waals surface area contributed by atoms with Crippen molar-refractivity contribution in [2.75, 3.05) is 0 Å². The Balaban J connectivity index is 1.63. The summed E-state index contributed by atoms with van der Waals surface area (Å²) in [5.41, 5.74) is 1.61. The van der Waals surface area contributed by atoms with Crippen LogP contribution in [0.15, 0.2) is 59.5 Å². The highest BCUT2D eigenvalue weighted by molar-refractivity contribution is 7.89. The van der Waals surface area contributed by atoms with E-state index >= 15 is 0 Å². The van der Waals surface area contributed by atoms with E-state index in [4.69, 9.17) is 9.84 Å². The van der Waals surface area contributed by atoms with E-state index in [9.17, 15) is 13.2 Å². The molecule has 0 radical (unpaired) electrons. The molecule has 7 heteroatoms. The number of ether oxygens (including phenoxy) is 1. The first-order chi connectivity index (χ1) is 13.0. The van der Waals surface area contributed by atoms with Gasteiger partial charge in [0.05, 0.1) is 4.90 Å². The summed E-state index contributed by atoms with van der Waals surface area (Å²) < 4.78 is 34.3. The van der Waals surface area contributed by atoms with Gasteiger partial charge in [-0.25, -0.2) is 17.9 Å². The summed E-state index contributed by atoms with van der Waals surface area (Å²) in [6.07, 6.45) is 3.90. The normalized spacial score (nSPS) is 23.8. The molecule has 0 spiro atoms. The number of aliphatic carboxylic acids is 1. The highest BCUT2D eigenvalue weighted by Crippen LogP contribution is 2.49. The molecule has 3 unspecified atom stereocenters. The summed E-state index contributed by atoms with van der Waals surface area (Å²) >= 11 is 0. The summed E-state index contributed by atoms with van der Waals surface area (Å²) in [7, 11) is -3.61. The molecule has 1 aliphatic carbocycles. The average molecular weight is 385 g/mol. The van der Waals surface area contributed by atoms with Crippen molar-refractivity contribution in [1.29, 1.82) is 0 Å². The first-order valence-corrected chi connectivity index (χ1v) is 10.2. The van der Waals surface area contributed by atoms with Crippen LogP contribution in [0.4, 0.5) is 0 Å². The standard InChI is InChI=1S/C20H19NO5S/c22-18(23)12-9-13-5-4-8-15-19-16(10-11-17(19)26-20(13)15)21-27(24,25)14-6-2-1-3-7-14/h1-9,12,16-17,19,21H,10-11H2,(H,22,23). The molecule has 0 bridgehead atoms. The van der Waals surface area contributed by atoms with Gasteiger partial charge in [-0.3, -0.25) is 0 Å². The molecule has 1 fully saturated rings. The van der Waals surface area contributed by atoms with Crippen molar-refractivity contribution in [3.63, 3.8) is 0 Å². The third-order valence-corrected chi connectivity index (χ3v) is 6.57. The van der Waals surface area contributed by atoms with E-state index < -0.39 is 16.0 Å². The number of rotatable bonds is 5. The van der Waals surface area contributed by atoms with Crippen LogP contribution in [0, 0.1) is 0 Å². The molecule has 6 nitrogen and oxygen atoms in total. The van der Waals surface area contributed by atoms with Crippen molar-refractivity contribution < 1.29 is 23.1 Å². The third kappa shape index (κ3) is 3.36. The number of hydrogen-bond acceptors (Lipinski definition) is 4. The highest BCUT2D eigenvalue weighted by atomic mass is 32.2. The van der Waals surface area contributed by atoms with Gasteiger partial charge in [0.2, 0.25) is 10.0 Å². The van der Waals surface area contributed by atoms with Gasteiger partial charge in [0.25, 0.3) is 0 Å². The topological polar surface area (TPSA) is 92.7 Å². The molecule has 3 atom stereocenters. The van der Waals surface area contributed by atoms with Crippen molar-refractivity contribution in [3.8, 4) is 5.75 Å². The minimum absolute atomic E-state index is 0.0864. The van der Waals surface area contributed by atoms with E-state index in [1.807, 2.05) is 12.1 Å². The zero-order chi connectivity index (χ0) is 19.0. The Morgan fingerprint density at radius 1 is 1.11 bits per heavy atom. The third-order valence-electron chi connectivity index (χ3n) is 5.07. The Kier molecular flexibility index (Phi) is 4.49. The van der Waals surface area contributed by atoms with Crippen LogP contribution in [0.1, 0.15) is 29.9 Å². The Morgan fingerprint density at radius 2 is 1.89 bits per heavy atom. The maximum Gasteiger partial charge on any atom is 0.328 e. The van der Waals surface area contributed by atoms with Gasteiger partial charge < -0.3 is 9.84 Å². The van der Waals surface area contributed by atoms with Gasteiger partial charge >= 0.3 is 5.97 Å². The van der Waals surface area contributed by atoms with E-state index in [1.165, 1.54) is 6.08 Å². The molecule has 2 aromatic carbocycles. The predicted octanol–water partition coefficient (Wildman–Crippen LogP) is 2.77. The smallest absolute Gasteiger partial charge is 0.328 e. The molecular weight excluding hydrogens is 366 g/mol. The van der Waals surface area contributed by atoms with Crippen LogP contribution in [-0.2, 0) is 14.8 Å². The lowest BCUT2D eigenvalue weighted by molar-refractivity contribution is -0.131. The summed E-state index contributed by atoms with van der Waals surface area (Å²) in [5, 5.41) is 8.86. The van der Waals surface area contributed by atoms with Gasteiger partial charge in [0.15, 0.2) is 0 Å². The maximum absolute atomic E-state index is 12.7. The number of para-hydroxylation sites is 1. The second-order valence-electron chi connectivity index (χ2n) is 6.74. The predicted molar refractivity (Wildman–Crippen MR) is 100 cm³/mol. The molecule has 2 aliphatic rings. The Labute approximate surface area is 157 Å². The van der Waals surface area contributed by atoms with Crippen LogP contribution in [0.25, 0.3) is 6.08 Å². The number of hydrogen-bond donors (Lipinski definition) is 2. The highest BCUT2D eigenvalue weighted by Gasteiger charge is 2.46. The van der Waals surface area contributed by atoms with Crippen LogP contribution in [0.3, 0.4) is 0 Å². The number of benzene rings is 2. The largest absolute Gasteiger partial charge is 0.489 e. The van der Waals surface area contributed by atoms with Crippen LogP contribution >= 0.6 is 0 Å². The average Bonchev–Trinajstić information content (AvgIpc) is 3.20. The minimum atomic E-state index is -3.61. The zero-order valence-electron chi connectivity index (χ0n) is 14.4. The molecule has 140 valence electrons. The van der Waals surface area contributed by atoms with E-state index in [2.05, 4.69) is 4.72 Å². The second-order valence-corrected chi connectivity index (χ2v) is 8.45. The molecular formula is C20H19NO5S. The number of carboxylic acid groups (broad SMARTS) is 1. The quantitative estimate of drug-likeness (QED) is 0.772. The number of fused-ring (bicyclic) bond motifs is 3. The fourth-order valence-electron chi connectivity index (χ4n) is 3.93. The Morgan fingerprint density at radius 3 is 2.63 bits per heavy atom. The first kappa shape index (κ1) is 17.8. The molecule has 0 saturated heterocycles. The van der Waals surface area contributed by atoms with Crippen molar-refractivity contribution in [3.05, 3.63) is 65.7 Å². The van der Waals surface area contributed by atoms with Crippen molar-refractivity contribution in [2.24, 2.45) is 0 Å². The Hall–Kier alpha value is -2.64. The molecule has 4 rings (SSSR count). The lowest BCUT2D eigenvalue weighted by Gasteiger charge is -2.19. The minimum Gasteiger partial charge on any atom is -0.489 e. The van der Waals surface area contributed by atoms with Gasteiger partial charge in [-0.15, -0.1) is 0 Å².